The Morgan fingerprint density at radius 3 is 2.78 bits per heavy atom. The number of hydrogen-bond donors (Lipinski definition) is 1. The lowest BCUT2D eigenvalue weighted by molar-refractivity contribution is 0.0494. The number of sulfone groups is 1. The van der Waals surface area contributed by atoms with Gasteiger partial charge in [0.05, 0.1) is 16.5 Å². The fraction of sp³-hybridized carbons (Fsp3) is 0.750. The molecule has 102 valence electrons. The fourth-order valence-electron chi connectivity index (χ4n) is 2.98. The predicted molar refractivity (Wildman–Crippen MR) is 69.1 cm³/mol. The van der Waals surface area contributed by atoms with Gasteiger partial charge in [0, 0.05) is 25.4 Å². The molecule has 1 saturated carbocycles. The van der Waals surface area contributed by atoms with Crippen molar-refractivity contribution in [3.05, 3.63) is 17.5 Å². The molecule has 1 aliphatic carbocycles. The van der Waals surface area contributed by atoms with Gasteiger partial charge in [-0.2, -0.15) is 5.10 Å². The minimum Gasteiger partial charge on any atom is -0.388 e. The maximum Gasteiger partial charge on any atom is 0.153 e. The smallest absolute Gasteiger partial charge is 0.153 e. The fourth-order valence-corrected chi connectivity index (χ4v) is 4.57. The zero-order valence-electron chi connectivity index (χ0n) is 11.0. The molecule has 18 heavy (non-hydrogen) atoms. The molecule has 1 aliphatic rings. The van der Waals surface area contributed by atoms with Gasteiger partial charge in [0.25, 0.3) is 0 Å². The molecule has 2 unspecified atom stereocenters. The van der Waals surface area contributed by atoms with Crippen LogP contribution in [-0.2, 0) is 23.3 Å². The van der Waals surface area contributed by atoms with Crippen LogP contribution in [0.15, 0.2) is 6.07 Å². The van der Waals surface area contributed by atoms with E-state index in [4.69, 9.17) is 0 Å². The van der Waals surface area contributed by atoms with E-state index in [0.717, 1.165) is 17.8 Å². The third-order valence-electron chi connectivity index (χ3n) is 3.78. The maximum absolute atomic E-state index is 11.7. The quantitative estimate of drug-likeness (QED) is 0.874. The summed E-state index contributed by atoms with van der Waals surface area (Å²) >= 11 is 0. The van der Waals surface area contributed by atoms with Crippen LogP contribution in [0.3, 0.4) is 0 Å². The Kier molecular flexibility index (Phi) is 3.27. The first-order chi connectivity index (χ1) is 8.22. The molecular formula is C12H20N2O3S. The van der Waals surface area contributed by atoms with Gasteiger partial charge in [0.2, 0.25) is 0 Å². The molecule has 6 heteroatoms. The normalized spacial score (nSPS) is 28.8. The summed E-state index contributed by atoms with van der Waals surface area (Å²) < 4.78 is 25.2. The van der Waals surface area contributed by atoms with Crippen molar-refractivity contribution < 1.29 is 13.5 Å². The second-order valence-electron chi connectivity index (χ2n) is 5.39. The Morgan fingerprint density at radius 2 is 2.28 bits per heavy atom. The first-order valence-corrected chi connectivity index (χ1v) is 8.08. The summed E-state index contributed by atoms with van der Waals surface area (Å²) in [6, 6.07) is 1.90. The first kappa shape index (κ1) is 13.5. The minimum atomic E-state index is -3.22. The van der Waals surface area contributed by atoms with Crippen molar-refractivity contribution in [2.45, 2.75) is 43.5 Å². The first-order valence-electron chi connectivity index (χ1n) is 6.13. The minimum absolute atomic E-state index is 0.349. The summed E-state index contributed by atoms with van der Waals surface area (Å²) in [7, 11) is -1.40. The van der Waals surface area contributed by atoms with E-state index >= 15 is 0 Å². The molecule has 0 amide bonds. The summed E-state index contributed by atoms with van der Waals surface area (Å²) in [6.45, 7) is 1.89. The van der Waals surface area contributed by atoms with Crippen LogP contribution in [-0.4, -0.2) is 40.4 Å². The van der Waals surface area contributed by atoms with Crippen molar-refractivity contribution in [2.24, 2.45) is 7.05 Å². The molecule has 0 aromatic carbocycles. The largest absolute Gasteiger partial charge is 0.388 e. The number of hydrogen-bond acceptors (Lipinski definition) is 4. The summed E-state index contributed by atoms with van der Waals surface area (Å²) in [5.41, 5.74) is 0.615. The van der Waals surface area contributed by atoms with Crippen LogP contribution in [0, 0.1) is 6.92 Å². The van der Waals surface area contributed by atoms with E-state index in [0.29, 0.717) is 19.3 Å². The van der Waals surface area contributed by atoms with Crippen LogP contribution < -0.4 is 0 Å². The van der Waals surface area contributed by atoms with Crippen molar-refractivity contribution in [1.29, 1.82) is 0 Å². The molecule has 2 atom stereocenters. The van der Waals surface area contributed by atoms with Crippen LogP contribution in [0.2, 0.25) is 0 Å². The Morgan fingerprint density at radius 1 is 1.61 bits per heavy atom. The Hall–Kier alpha value is -0.880. The highest BCUT2D eigenvalue weighted by Crippen LogP contribution is 2.37. The van der Waals surface area contributed by atoms with Gasteiger partial charge < -0.3 is 5.11 Å². The van der Waals surface area contributed by atoms with E-state index in [2.05, 4.69) is 5.10 Å². The van der Waals surface area contributed by atoms with Crippen molar-refractivity contribution in [2.75, 3.05) is 6.26 Å². The second kappa shape index (κ2) is 4.35. The van der Waals surface area contributed by atoms with E-state index in [1.54, 1.807) is 4.68 Å². The van der Waals surface area contributed by atoms with E-state index in [1.165, 1.54) is 6.26 Å². The lowest BCUT2D eigenvalue weighted by Gasteiger charge is -2.28. The average molecular weight is 272 g/mol. The molecule has 1 heterocycles. The standard InChI is InChI=1S/C12H20N2O3S/c1-9-7-10(14(2)13-9)8-12(15)6-4-5-11(12)18(3,16)17/h7,11,15H,4-6,8H2,1-3H3. The molecule has 1 aromatic heterocycles. The molecule has 1 N–H and O–H groups in total. The second-order valence-corrected chi connectivity index (χ2v) is 7.62. The Bertz CT molecular complexity index is 550. The molecule has 1 fully saturated rings. The molecule has 2 rings (SSSR count). The van der Waals surface area contributed by atoms with Crippen LogP contribution >= 0.6 is 0 Å². The van der Waals surface area contributed by atoms with Gasteiger partial charge in [-0.3, -0.25) is 4.68 Å². The highest BCUT2D eigenvalue weighted by Gasteiger charge is 2.47. The average Bonchev–Trinajstić information content (AvgIpc) is 2.70. The lowest BCUT2D eigenvalue weighted by atomic mass is 9.95. The summed E-state index contributed by atoms with van der Waals surface area (Å²) in [5.74, 6) is 0. The molecule has 0 bridgehead atoms. The Balaban J connectivity index is 2.29. The number of aromatic nitrogens is 2. The van der Waals surface area contributed by atoms with Gasteiger partial charge in [0.15, 0.2) is 9.84 Å². The lowest BCUT2D eigenvalue weighted by Crippen LogP contribution is -2.44. The third kappa shape index (κ3) is 2.44. The number of nitrogens with zero attached hydrogens (tertiary/aromatic N) is 2. The highest BCUT2D eigenvalue weighted by atomic mass is 32.2. The zero-order valence-corrected chi connectivity index (χ0v) is 11.9. The van der Waals surface area contributed by atoms with Crippen LogP contribution in [0.5, 0.6) is 0 Å². The van der Waals surface area contributed by atoms with Crippen LogP contribution in [0.1, 0.15) is 30.7 Å². The molecule has 0 aliphatic heterocycles. The van der Waals surface area contributed by atoms with Gasteiger partial charge in [-0.25, -0.2) is 8.42 Å². The maximum atomic E-state index is 11.7. The Labute approximate surface area is 108 Å². The SMILES string of the molecule is Cc1cc(CC2(O)CCCC2S(C)(=O)=O)n(C)n1. The summed E-state index contributed by atoms with van der Waals surface area (Å²) in [6.07, 6.45) is 3.40. The third-order valence-corrected chi connectivity index (χ3v) is 5.49. The molecule has 0 spiro atoms. The van der Waals surface area contributed by atoms with Crippen LogP contribution in [0.4, 0.5) is 0 Å². The van der Waals surface area contributed by atoms with E-state index in [1.807, 2.05) is 20.0 Å². The number of aryl methyl sites for hydroxylation is 2. The summed E-state index contributed by atoms with van der Waals surface area (Å²) in [4.78, 5) is 0. The van der Waals surface area contributed by atoms with E-state index < -0.39 is 20.7 Å². The zero-order chi connectivity index (χ0) is 13.6. The highest BCUT2D eigenvalue weighted by molar-refractivity contribution is 7.91. The van der Waals surface area contributed by atoms with Crippen molar-refractivity contribution in [1.82, 2.24) is 9.78 Å². The van der Waals surface area contributed by atoms with Crippen LogP contribution in [0.25, 0.3) is 0 Å². The van der Waals surface area contributed by atoms with E-state index in [-0.39, 0.29) is 0 Å². The topological polar surface area (TPSA) is 72.2 Å². The number of rotatable bonds is 3. The van der Waals surface area contributed by atoms with Crippen molar-refractivity contribution in [3.63, 3.8) is 0 Å². The monoisotopic (exact) mass is 272 g/mol. The van der Waals surface area contributed by atoms with Crippen molar-refractivity contribution in [3.8, 4) is 0 Å². The number of aliphatic hydroxyl groups is 1. The molecule has 1 aromatic rings. The van der Waals surface area contributed by atoms with Crippen molar-refractivity contribution >= 4 is 9.84 Å². The van der Waals surface area contributed by atoms with Gasteiger partial charge in [-0.15, -0.1) is 0 Å². The molecule has 5 nitrogen and oxygen atoms in total. The predicted octanol–water partition coefficient (Wildman–Crippen LogP) is 0.599. The van der Waals surface area contributed by atoms with E-state index in [9.17, 15) is 13.5 Å². The summed E-state index contributed by atoms with van der Waals surface area (Å²) in [5, 5.41) is 14.2. The van der Waals surface area contributed by atoms with Gasteiger partial charge in [-0.05, 0) is 32.3 Å². The van der Waals surface area contributed by atoms with Gasteiger partial charge >= 0.3 is 0 Å². The molecule has 0 radical (unpaired) electrons. The molecular weight excluding hydrogens is 252 g/mol. The molecule has 0 saturated heterocycles. The van der Waals surface area contributed by atoms with Gasteiger partial charge in [-0.1, -0.05) is 0 Å². The van der Waals surface area contributed by atoms with Gasteiger partial charge in [0.1, 0.15) is 0 Å².